The molecule has 1 rings (SSSR count). The Morgan fingerprint density at radius 3 is 2.71 bits per heavy atom. The largest absolute Gasteiger partial charge is 0.380 e. The Morgan fingerprint density at radius 1 is 1.47 bits per heavy atom. The van der Waals surface area contributed by atoms with Crippen molar-refractivity contribution in [2.75, 3.05) is 26.0 Å². The van der Waals surface area contributed by atoms with Gasteiger partial charge in [-0.1, -0.05) is 13.8 Å². The van der Waals surface area contributed by atoms with Crippen molar-refractivity contribution in [3.63, 3.8) is 0 Å². The molecule has 1 aromatic rings. The van der Waals surface area contributed by atoms with Crippen molar-refractivity contribution >= 4 is 5.69 Å². The molecule has 96 valence electrons. The SMILES string of the molecule is CC(C)CC(CN(C)C)Nc1cn[nH]c(=O)c1. The van der Waals surface area contributed by atoms with Crippen LogP contribution < -0.4 is 10.9 Å². The lowest BCUT2D eigenvalue weighted by atomic mass is 10.0. The number of nitrogens with zero attached hydrogens (tertiary/aromatic N) is 2. The summed E-state index contributed by atoms with van der Waals surface area (Å²) in [7, 11) is 4.09. The summed E-state index contributed by atoms with van der Waals surface area (Å²) in [5.41, 5.74) is 0.601. The highest BCUT2D eigenvalue weighted by Gasteiger charge is 2.12. The second-order valence-corrected chi connectivity index (χ2v) is 5.07. The van der Waals surface area contributed by atoms with Crippen LogP contribution in [-0.2, 0) is 0 Å². The zero-order valence-corrected chi connectivity index (χ0v) is 11.0. The molecule has 0 bridgehead atoms. The van der Waals surface area contributed by atoms with Gasteiger partial charge in [-0.15, -0.1) is 0 Å². The zero-order chi connectivity index (χ0) is 12.8. The first-order valence-corrected chi connectivity index (χ1v) is 5.93. The van der Waals surface area contributed by atoms with Gasteiger partial charge in [-0.2, -0.15) is 5.10 Å². The first kappa shape index (κ1) is 13.7. The molecule has 0 amide bonds. The number of rotatable bonds is 6. The fraction of sp³-hybridized carbons (Fsp3) is 0.667. The van der Waals surface area contributed by atoms with Crippen LogP contribution in [0.1, 0.15) is 20.3 Å². The summed E-state index contributed by atoms with van der Waals surface area (Å²) < 4.78 is 0. The zero-order valence-electron chi connectivity index (χ0n) is 11.0. The molecule has 0 saturated carbocycles. The molecule has 1 aromatic heterocycles. The van der Waals surface area contributed by atoms with E-state index in [-0.39, 0.29) is 5.56 Å². The van der Waals surface area contributed by atoms with Crippen molar-refractivity contribution in [1.82, 2.24) is 15.1 Å². The van der Waals surface area contributed by atoms with Gasteiger partial charge < -0.3 is 10.2 Å². The van der Waals surface area contributed by atoms with Gasteiger partial charge in [-0.05, 0) is 26.4 Å². The fourth-order valence-corrected chi connectivity index (χ4v) is 1.88. The minimum absolute atomic E-state index is 0.178. The van der Waals surface area contributed by atoms with Crippen molar-refractivity contribution < 1.29 is 0 Å². The quantitative estimate of drug-likeness (QED) is 0.780. The van der Waals surface area contributed by atoms with Gasteiger partial charge in [0.05, 0.1) is 11.9 Å². The highest BCUT2D eigenvalue weighted by Crippen LogP contribution is 2.11. The number of aromatic amines is 1. The molecule has 0 radical (unpaired) electrons. The van der Waals surface area contributed by atoms with E-state index in [0.717, 1.165) is 18.7 Å². The van der Waals surface area contributed by atoms with Crippen molar-refractivity contribution in [2.45, 2.75) is 26.3 Å². The normalized spacial score (nSPS) is 13.1. The van der Waals surface area contributed by atoms with Gasteiger partial charge in [0.2, 0.25) is 0 Å². The van der Waals surface area contributed by atoms with Crippen LogP contribution >= 0.6 is 0 Å². The monoisotopic (exact) mass is 238 g/mol. The van der Waals surface area contributed by atoms with E-state index in [1.54, 1.807) is 6.20 Å². The van der Waals surface area contributed by atoms with Crippen molar-refractivity contribution in [2.24, 2.45) is 5.92 Å². The van der Waals surface area contributed by atoms with E-state index in [2.05, 4.69) is 34.3 Å². The van der Waals surface area contributed by atoms with Crippen LogP contribution in [0.5, 0.6) is 0 Å². The Labute approximate surface area is 102 Å². The number of hydrogen-bond donors (Lipinski definition) is 2. The number of likely N-dealkylation sites (N-methyl/N-ethyl adjacent to an activating group) is 1. The molecule has 0 spiro atoms. The van der Waals surface area contributed by atoms with Crippen LogP contribution in [0.15, 0.2) is 17.1 Å². The molecule has 1 atom stereocenters. The Hall–Kier alpha value is -1.36. The summed E-state index contributed by atoms with van der Waals surface area (Å²) >= 11 is 0. The third-order valence-corrected chi connectivity index (χ3v) is 2.38. The summed E-state index contributed by atoms with van der Waals surface area (Å²) in [5, 5.41) is 9.51. The summed E-state index contributed by atoms with van der Waals surface area (Å²) in [6, 6.07) is 1.87. The first-order valence-electron chi connectivity index (χ1n) is 5.93. The van der Waals surface area contributed by atoms with E-state index >= 15 is 0 Å². The van der Waals surface area contributed by atoms with Gasteiger partial charge in [0, 0.05) is 18.7 Å². The van der Waals surface area contributed by atoms with Crippen LogP contribution in [0.4, 0.5) is 5.69 Å². The average Bonchev–Trinajstić information content (AvgIpc) is 2.14. The predicted octanol–water partition coefficient (Wildman–Crippen LogP) is 1.16. The molecule has 0 fully saturated rings. The number of nitrogens with one attached hydrogen (secondary N) is 2. The maximum absolute atomic E-state index is 11.1. The lowest BCUT2D eigenvalue weighted by Gasteiger charge is -2.24. The van der Waals surface area contributed by atoms with Crippen LogP contribution in [0.25, 0.3) is 0 Å². The summed E-state index contributed by atoms with van der Waals surface area (Å²) in [4.78, 5) is 13.3. The number of anilines is 1. The standard InChI is InChI=1S/C12H22N4O/c1-9(2)5-11(8-16(3)4)14-10-6-12(17)15-13-7-10/h6-7,9,11H,5,8H2,1-4H3,(H2,14,15,17). The van der Waals surface area contributed by atoms with Gasteiger partial charge >= 0.3 is 0 Å². The Kier molecular flexibility index (Phi) is 5.15. The molecular weight excluding hydrogens is 216 g/mol. The third-order valence-electron chi connectivity index (χ3n) is 2.38. The van der Waals surface area contributed by atoms with E-state index in [4.69, 9.17) is 0 Å². The molecule has 2 N–H and O–H groups in total. The van der Waals surface area contributed by atoms with Crippen molar-refractivity contribution in [3.8, 4) is 0 Å². The van der Waals surface area contributed by atoms with E-state index in [1.165, 1.54) is 6.07 Å². The third kappa shape index (κ3) is 5.49. The maximum atomic E-state index is 11.1. The maximum Gasteiger partial charge on any atom is 0.266 e. The Morgan fingerprint density at radius 2 is 2.18 bits per heavy atom. The lowest BCUT2D eigenvalue weighted by molar-refractivity contribution is 0.356. The predicted molar refractivity (Wildman–Crippen MR) is 70.3 cm³/mol. The fourth-order valence-electron chi connectivity index (χ4n) is 1.88. The van der Waals surface area contributed by atoms with Crippen LogP contribution in [-0.4, -0.2) is 41.8 Å². The van der Waals surface area contributed by atoms with E-state index < -0.39 is 0 Å². The highest BCUT2D eigenvalue weighted by molar-refractivity contribution is 5.39. The minimum Gasteiger partial charge on any atom is -0.380 e. The number of hydrogen-bond acceptors (Lipinski definition) is 4. The highest BCUT2D eigenvalue weighted by atomic mass is 16.1. The summed E-state index contributed by atoms with van der Waals surface area (Å²) in [5.74, 6) is 0.613. The van der Waals surface area contributed by atoms with Crippen LogP contribution in [0.3, 0.4) is 0 Å². The van der Waals surface area contributed by atoms with Gasteiger partial charge in [0.15, 0.2) is 0 Å². The summed E-state index contributed by atoms with van der Waals surface area (Å²) in [6.45, 7) is 5.33. The second kappa shape index (κ2) is 6.39. The molecule has 5 heteroatoms. The minimum atomic E-state index is -0.178. The van der Waals surface area contributed by atoms with E-state index in [0.29, 0.717) is 12.0 Å². The number of H-pyrrole nitrogens is 1. The molecule has 0 saturated heterocycles. The molecular formula is C12H22N4O. The van der Waals surface area contributed by atoms with E-state index in [1.807, 2.05) is 14.1 Å². The Balaban J connectivity index is 2.67. The molecule has 0 aromatic carbocycles. The molecule has 1 unspecified atom stereocenters. The first-order chi connectivity index (χ1) is 7.97. The number of aromatic nitrogens is 2. The molecule has 17 heavy (non-hydrogen) atoms. The average molecular weight is 238 g/mol. The van der Waals surface area contributed by atoms with Crippen LogP contribution in [0.2, 0.25) is 0 Å². The van der Waals surface area contributed by atoms with Crippen molar-refractivity contribution in [3.05, 3.63) is 22.6 Å². The second-order valence-electron chi connectivity index (χ2n) is 5.07. The topological polar surface area (TPSA) is 61.0 Å². The molecule has 0 aliphatic heterocycles. The summed E-state index contributed by atoms with van der Waals surface area (Å²) in [6.07, 6.45) is 2.70. The van der Waals surface area contributed by atoms with Gasteiger partial charge in [0.25, 0.3) is 5.56 Å². The molecule has 0 aliphatic rings. The molecule has 5 nitrogen and oxygen atoms in total. The van der Waals surface area contributed by atoms with Crippen LogP contribution in [0, 0.1) is 5.92 Å². The lowest BCUT2D eigenvalue weighted by Crippen LogP contribution is -2.33. The molecule has 0 aliphatic carbocycles. The Bertz CT molecular complexity index is 376. The van der Waals surface area contributed by atoms with E-state index in [9.17, 15) is 4.79 Å². The van der Waals surface area contributed by atoms with Crippen molar-refractivity contribution in [1.29, 1.82) is 0 Å². The molecule has 1 heterocycles. The van der Waals surface area contributed by atoms with Gasteiger partial charge in [-0.3, -0.25) is 4.79 Å². The smallest absolute Gasteiger partial charge is 0.266 e. The van der Waals surface area contributed by atoms with Gasteiger partial charge in [0.1, 0.15) is 0 Å². The van der Waals surface area contributed by atoms with Gasteiger partial charge in [-0.25, -0.2) is 5.10 Å².